The summed E-state index contributed by atoms with van der Waals surface area (Å²) in [5, 5.41) is 0. The molecule has 4 aliphatic carbocycles. The maximum Gasteiger partial charge on any atom is 0.159 e. The lowest BCUT2D eigenvalue weighted by Gasteiger charge is -2.56. The van der Waals surface area contributed by atoms with Gasteiger partial charge in [-0.2, -0.15) is 0 Å². The van der Waals surface area contributed by atoms with E-state index >= 15 is 0 Å². The molecule has 1 heterocycles. The first-order valence-corrected chi connectivity index (χ1v) is 11.0. The summed E-state index contributed by atoms with van der Waals surface area (Å²) in [6, 6.07) is 0. The van der Waals surface area contributed by atoms with Gasteiger partial charge in [-0.1, -0.05) is 19.4 Å². The summed E-state index contributed by atoms with van der Waals surface area (Å²) in [4.78, 5) is 25.7. The largest absolute Gasteiger partial charge is 0.353 e. The molecule has 3 saturated carbocycles. The van der Waals surface area contributed by atoms with Crippen molar-refractivity contribution in [3.05, 3.63) is 11.6 Å². The molecule has 7 atom stereocenters. The van der Waals surface area contributed by atoms with Crippen LogP contribution in [0.5, 0.6) is 0 Å². The van der Waals surface area contributed by atoms with Gasteiger partial charge < -0.3 is 9.47 Å². The number of hydrogen-bond acceptors (Lipinski definition) is 4. The molecular formula is C23H32O4. The number of rotatable bonds is 2. The average molecular weight is 373 g/mol. The topological polar surface area (TPSA) is 52.6 Å². The second kappa shape index (κ2) is 6.25. The van der Waals surface area contributed by atoms with Crippen molar-refractivity contribution in [2.24, 2.45) is 28.6 Å². The van der Waals surface area contributed by atoms with Crippen LogP contribution in [-0.2, 0) is 19.1 Å². The van der Waals surface area contributed by atoms with Crippen molar-refractivity contribution in [2.75, 3.05) is 6.61 Å². The van der Waals surface area contributed by atoms with Gasteiger partial charge in [-0.05, 0) is 68.3 Å². The molecular weight excluding hydrogens is 340 g/mol. The summed E-state index contributed by atoms with van der Waals surface area (Å²) < 4.78 is 11.8. The molecule has 4 fully saturated rings. The Morgan fingerprint density at radius 2 is 1.81 bits per heavy atom. The molecule has 0 bridgehead atoms. The molecule has 4 heteroatoms. The average Bonchev–Trinajstić information content (AvgIpc) is 3.25. The maximum absolute atomic E-state index is 13.2. The van der Waals surface area contributed by atoms with Crippen LogP contribution in [0.2, 0.25) is 0 Å². The zero-order valence-electron chi connectivity index (χ0n) is 16.7. The number of Topliss-reactive ketones (excluding diaryl/α,β-unsaturated/α-hetero) is 1. The fourth-order valence-corrected chi connectivity index (χ4v) is 7.13. The van der Waals surface area contributed by atoms with Crippen LogP contribution in [0.3, 0.4) is 0 Å². The monoisotopic (exact) mass is 372 g/mol. The molecule has 0 radical (unpaired) electrons. The van der Waals surface area contributed by atoms with Gasteiger partial charge in [-0.15, -0.1) is 0 Å². The van der Waals surface area contributed by atoms with Gasteiger partial charge in [-0.3, -0.25) is 9.59 Å². The Morgan fingerprint density at radius 3 is 2.59 bits per heavy atom. The van der Waals surface area contributed by atoms with Gasteiger partial charge in [0.15, 0.2) is 12.1 Å². The second-order valence-corrected chi connectivity index (χ2v) is 10.1. The van der Waals surface area contributed by atoms with E-state index in [4.69, 9.17) is 9.47 Å². The smallest absolute Gasteiger partial charge is 0.159 e. The predicted octanol–water partition coefficient (Wildman–Crippen LogP) is 4.22. The number of ether oxygens (including phenoxy) is 2. The summed E-state index contributed by atoms with van der Waals surface area (Å²) in [6.45, 7) is 5.31. The van der Waals surface area contributed by atoms with Crippen LogP contribution >= 0.6 is 0 Å². The summed E-state index contributed by atoms with van der Waals surface area (Å²) in [6.07, 6.45) is 10.7. The summed E-state index contributed by atoms with van der Waals surface area (Å²) in [5.74, 6) is 1.40. The van der Waals surface area contributed by atoms with Gasteiger partial charge in [0.05, 0.1) is 6.10 Å². The van der Waals surface area contributed by atoms with Gasteiger partial charge in [0.1, 0.15) is 5.78 Å². The van der Waals surface area contributed by atoms with E-state index in [9.17, 15) is 9.59 Å². The SMILES string of the molecule is C[C@]12CC[C@H](OC3CCCO3)CC1=CC(=O)C1C2CC[C@]2(C)C(=O)CCC12. The summed E-state index contributed by atoms with van der Waals surface area (Å²) in [7, 11) is 0. The van der Waals surface area contributed by atoms with E-state index in [2.05, 4.69) is 13.8 Å². The molecule has 0 aromatic rings. The third kappa shape index (κ3) is 2.62. The number of ketones is 2. The van der Waals surface area contributed by atoms with E-state index in [1.54, 1.807) is 0 Å². The van der Waals surface area contributed by atoms with Crippen molar-refractivity contribution >= 4 is 11.6 Å². The number of allylic oxidation sites excluding steroid dienone is 1. The Balaban J connectivity index is 1.40. The fourth-order valence-electron chi connectivity index (χ4n) is 7.13. The first-order chi connectivity index (χ1) is 12.9. The van der Waals surface area contributed by atoms with Crippen LogP contribution in [0, 0.1) is 28.6 Å². The molecule has 0 amide bonds. The molecule has 1 aliphatic heterocycles. The zero-order valence-corrected chi connectivity index (χ0v) is 16.7. The Kier molecular flexibility index (Phi) is 4.18. The number of hydrogen-bond donors (Lipinski definition) is 0. The molecule has 4 unspecified atom stereocenters. The maximum atomic E-state index is 13.2. The molecule has 5 rings (SSSR count). The molecule has 5 aliphatic rings. The van der Waals surface area contributed by atoms with Gasteiger partial charge >= 0.3 is 0 Å². The van der Waals surface area contributed by atoms with Crippen LogP contribution in [0.15, 0.2) is 11.6 Å². The molecule has 4 nitrogen and oxygen atoms in total. The Bertz CT molecular complexity index is 690. The number of carbonyl (C=O) groups excluding carboxylic acids is 2. The minimum Gasteiger partial charge on any atom is -0.353 e. The van der Waals surface area contributed by atoms with Crippen LogP contribution in [0.4, 0.5) is 0 Å². The quantitative estimate of drug-likeness (QED) is 0.728. The lowest BCUT2D eigenvalue weighted by atomic mass is 9.48. The van der Waals surface area contributed by atoms with Crippen molar-refractivity contribution in [1.29, 1.82) is 0 Å². The van der Waals surface area contributed by atoms with Crippen molar-refractivity contribution < 1.29 is 19.1 Å². The Labute approximate surface area is 162 Å². The van der Waals surface area contributed by atoms with Gasteiger partial charge in [0.25, 0.3) is 0 Å². The summed E-state index contributed by atoms with van der Waals surface area (Å²) >= 11 is 0. The Morgan fingerprint density at radius 1 is 1.04 bits per heavy atom. The number of carbonyl (C=O) groups is 2. The lowest BCUT2D eigenvalue weighted by Crippen LogP contribution is -2.53. The van der Waals surface area contributed by atoms with E-state index in [1.807, 2.05) is 6.08 Å². The normalized spacial score (nSPS) is 49.4. The van der Waals surface area contributed by atoms with Crippen molar-refractivity contribution in [3.63, 3.8) is 0 Å². The molecule has 1 saturated heterocycles. The molecule has 0 N–H and O–H groups in total. The van der Waals surface area contributed by atoms with Gasteiger partial charge in [0, 0.05) is 30.8 Å². The van der Waals surface area contributed by atoms with Crippen molar-refractivity contribution in [1.82, 2.24) is 0 Å². The lowest BCUT2D eigenvalue weighted by molar-refractivity contribution is -0.157. The first kappa shape index (κ1) is 18.1. The first-order valence-electron chi connectivity index (χ1n) is 11.0. The highest BCUT2D eigenvalue weighted by molar-refractivity contribution is 5.96. The van der Waals surface area contributed by atoms with Gasteiger partial charge in [-0.25, -0.2) is 0 Å². The molecule has 0 spiro atoms. The molecule has 0 aromatic heterocycles. The fraction of sp³-hybridized carbons (Fsp3) is 0.826. The summed E-state index contributed by atoms with van der Waals surface area (Å²) in [5.41, 5.74) is 1.15. The third-order valence-electron chi connectivity index (χ3n) is 8.84. The predicted molar refractivity (Wildman–Crippen MR) is 101 cm³/mol. The van der Waals surface area contributed by atoms with E-state index in [0.717, 1.165) is 58.0 Å². The van der Waals surface area contributed by atoms with Crippen LogP contribution in [0.1, 0.15) is 71.6 Å². The third-order valence-corrected chi connectivity index (χ3v) is 8.84. The zero-order chi connectivity index (χ0) is 18.8. The van der Waals surface area contributed by atoms with Crippen molar-refractivity contribution in [3.8, 4) is 0 Å². The van der Waals surface area contributed by atoms with Crippen molar-refractivity contribution in [2.45, 2.75) is 84.0 Å². The number of fused-ring (bicyclic) bond motifs is 5. The van der Waals surface area contributed by atoms with E-state index in [-0.39, 0.29) is 40.8 Å². The highest BCUT2D eigenvalue weighted by Crippen LogP contribution is 2.63. The minimum atomic E-state index is -0.251. The van der Waals surface area contributed by atoms with Gasteiger partial charge in [0.2, 0.25) is 0 Å². The van der Waals surface area contributed by atoms with E-state index < -0.39 is 0 Å². The highest BCUT2D eigenvalue weighted by atomic mass is 16.7. The van der Waals surface area contributed by atoms with Crippen LogP contribution in [0.25, 0.3) is 0 Å². The van der Waals surface area contributed by atoms with Crippen LogP contribution < -0.4 is 0 Å². The highest BCUT2D eigenvalue weighted by Gasteiger charge is 2.61. The Hall–Kier alpha value is -1.00. The standard InChI is InChI=1S/C23H32O4/c1-22-9-7-15(27-20-4-3-11-26-20)12-14(22)13-18(24)21-16-5-6-19(25)23(16,2)10-8-17(21)22/h13,15-17,20-21H,3-12H2,1-2H3/t15-,16?,17?,20?,21?,22-,23-/m0/s1. The van der Waals surface area contributed by atoms with E-state index in [1.165, 1.54) is 5.57 Å². The second-order valence-electron chi connectivity index (χ2n) is 10.1. The molecule has 0 aromatic carbocycles. The molecule has 27 heavy (non-hydrogen) atoms. The van der Waals surface area contributed by atoms with Crippen LogP contribution in [-0.4, -0.2) is 30.6 Å². The minimum absolute atomic E-state index is 0.0492. The van der Waals surface area contributed by atoms with E-state index in [0.29, 0.717) is 18.1 Å². The molecule has 148 valence electrons.